The number of nitrogens with two attached hydrogens (primary N) is 2. The average Bonchev–Trinajstić information content (AvgIpc) is 2.01. The van der Waals surface area contributed by atoms with Crippen molar-refractivity contribution in [3.05, 3.63) is 0 Å². The van der Waals surface area contributed by atoms with Gasteiger partial charge in [0.15, 0.2) is 5.96 Å². The molecule has 0 aromatic carbocycles. The number of guanidine groups is 1. The Morgan fingerprint density at radius 1 is 1.15 bits per heavy atom. The number of carboxylic acid groups (broad SMARTS) is 1. The number of hydrogen-bond acceptors (Lipinski definition) is 2. The summed E-state index contributed by atoms with van der Waals surface area (Å²) >= 11 is 0. The molecule has 13 heavy (non-hydrogen) atoms. The minimum absolute atomic E-state index is 0.116. The van der Waals surface area contributed by atoms with Gasteiger partial charge in [0.25, 0.3) is 0 Å². The third-order valence-corrected chi connectivity index (χ3v) is 1.59. The highest BCUT2D eigenvalue weighted by Gasteiger charge is 1.95. The number of unbranched alkanes of at least 4 members (excludes halogenated alkanes) is 3. The molecule has 0 amide bonds. The van der Waals surface area contributed by atoms with Gasteiger partial charge >= 0.3 is 5.97 Å². The molecular weight excluding hydrogens is 170 g/mol. The number of aliphatic carboxylic acids is 1. The van der Waals surface area contributed by atoms with E-state index in [-0.39, 0.29) is 12.4 Å². The molecule has 0 saturated carbocycles. The molecule has 0 rings (SSSR count). The fourth-order valence-electron chi connectivity index (χ4n) is 0.950. The molecule has 0 aliphatic heterocycles. The van der Waals surface area contributed by atoms with Crippen LogP contribution in [-0.2, 0) is 4.79 Å². The van der Waals surface area contributed by atoms with E-state index in [1.165, 1.54) is 0 Å². The number of carboxylic acids is 1. The smallest absolute Gasteiger partial charge is 0.303 e. The number of aliphatic imine (C=N–C) groups is 1. The van der Waals surface area contributed by atoms with E-state index in [2.05, 4.69) is 4.99 Å². The van der Waals surface area contributed by atoms with Gasteiger partial charge in [0.05, 0.1) is 0 Å². The normalized spacial score (nSPS) is 9.54. The third-order valence-electron chi connectivity index (χ3n) is 1.59. The summed E-state index contributed by atoms with van der Waals surface area (Å²) in [5.74, 6) is -0.616. The lowest BCUT2D eigenvalue weighted by Gasteiger charge is -1.97. The van der Waals surface area contributed by atoms with Gasteiger partial charge in [-0.3, -0.25) is 9.79 Å². The highest BCUT2D eigenvalue weighted by molar-refractivity contribution is 5.75. The molecule has 0 aromatic heterocycles. The summed E-state index contributed by atoms with van der Waals surface area (Å²) in [6.45, 7) is 0.634. The van der Waals surface area contributed by atoms with Crippen molar-refractivity contribution < 1.29 is 9.90 Å². The van der Waals surface area contributed by atoms with Gasteiger partial charge in [0.1, 0.15) is 0 Å². The van der Waals surface area contributed by atoms with Crippen molar-refractivity contribution >= 4 is 11.9 Å². The average molecular weight is 187 g/mol. The maximum Gasteiger partial charge on any atom is 0.303 e. The zero-order valence-corrected chi connectivity index (χ0v) is 7.70. The van der Waals surface area contributed by atoms with E-state index >= 15 is 0 Å². The summed E-state index contributed by atoms with van der Waals surface area (Å²) in [5.41, 5.74) is 10.2. The van der Waals surface area contributed by atoms with Gasteiger partial charge < -0.3 is 16.6 Å². The first-order valence-electron chi connectivity index (χ1n) is 4.40. The molecule has 0 aliphatic carbocycles. The SMILES string of the molecule is NC(N)=NCCCCCCC(=O)O. The molecule has 5 N–H and O–H groups in total. The third kappa shape index (κ3) is 10.7. The molecule has 0 heterocycles. The van der Waals surface area contributed by atoms with Crippen LogP contribution in [0.4, 0.5) is 0 Å². The van der Waals surface area contributed by atoms with E-state index in [1.807, 2.05) is 0 Å². The van der Waals surface area contributed by atoms with Crippen molar-refractivity contribution in [3.63, 3.8) is 0 Å². The van der Waals surface area contributed by atoms with Gasteiger partial charge in [-0.15, -0.1) is 0 Å². The molecule has 0 bridgehead atoms. The second-order valence-electron chi connectivity index (χ2n) is 2.86. The minimum Gasteiger partial charge on any atom is -0.481 e. The molecular formula is C8H17N3O2. The van der Waals surface area contributed by atoms with Crippen molar-refractivity contribution in [2.75, 3.05) is 6.54 Å². The predicted molar refractivity (Wildman–Crippen MR) is 51.4 cm³/mol. The van der Waals surface area contributed by atoms with Crippen LogP contribution in [0, 0.1) is 0 Å². The molecule has 0 saturated heterocycles. The van der Waals surface area contributed by atoms with Crippen LogP contribution in [0.3, 0.4) is 0 Å². The van der Waals surface area contributed by atoms with Gasteiger partial charge in [-0.25, -0.2) is 0 Å². The van der Waals surface area contributed by atoms with Crippen LogP contribution in [0.2, 0.25) is 0 Å². The second-order valence-corrected chi connectivity index (χ2v) is 2.86. The van der Waals surface area contributed by atoms with Crippen LogP contribution in [-0.4, -0.2) is 23.6 Å². The number of rotatable bonds is 7. The van der Waals surface area contributed by atoms with Crippen molar-refractivity contribution in [2.45, 2.75) is 32.1 Å². The largest absolute Gasteiger partial charge is 0.481 e. The Labute approximate surface area is 77.8 Å². The zero-order chi connectivity index (χ0) is 10.1. The highest BCUT2D eigenvalue weighted by Crippen LogP contribution is 2.02. The summed E-state index contributed by atoms with van der Waals surface area (Å²) in [4.78, 5) is 13.9. The standard InChI is InChI=1S/C8H17N3O2/c9-8(10)11-6-4-2-1-3-5-7(12)13/h1-6H2,(H,12,13)(H4,9,10,11). The fourth-order valence-corrected chi connectivity index (χ4v) is 0.950. The van der Waals surface area contributed by atoms with Crippen molar-refractivity contribution in [1.29, 1.82) is 0 Å². The summed E-state index contributed by atoms with van der Waals surface area (Å²) in [5, 5.41) is 8.33. The molecule has 0 atom stereocenters. The van der Waals surface area contributed by atoms with E-state index in [0.717, 1.165) is 25.7 Å². The van der Waals surface area contributed by atoms with E-state index < -0.39 is 5.97 Å². The minimum atomic E-state index is -0.732. The van der Waals surface area contributed by atoms with Crippen LogP contribution in [0.5, 0.6) is 0 Å². The Morgan fingerprint density at radius 2 is 1.77 bits per heavy atom. The molecule has 0 unspecified atom stereocenters. The topological polar surface area (TPSA) is 102 Å². The predicted octanol–water partition coefficient (Wildman–Crippen LogP) is 0.295. The summed E-state index contributed by atoms with van der Waals surface area (Å²) in [6.07, 6.45) is 3.80. The lowest BCUT2D eigenvalue weighted by atomic mass is 10.1. The van der Waals surface area contributed by atoms with E-state index in [4.69, 9.17) is 16.6 Å². The summed E-state index contributed by atoms with van der Waals surface area (Å²) < 4.78 is 0. The maximum atomic E-state index is 10.1. The van der Waals surface area contributed by atoms with Crippen LogP contribution in [0.1, 0.15) is 32.1 Å². The number of hydrogen-bond donors (Lipinski definition) is 3. The van der Waals surface area contributed by atoms with E-state index in [0.29, 0.717) is 6.54 Å². The molecule has 0 spiro atoms. The quantitative estimate of drug-likeness (QED) is 0.303. The Balaban J connectivity index is 3.09. The number of nitrogens with zero attached hydrogens (tertiary/aromatic N) is 1. The van der Waals surface area contributed by atoms with Gasteiger partial charge in [-0.2, -0.15) is 0 Å². The molecule has 0 fully saturated rings. The van der Waals surface area contributed by atoms with Crippen LogP contribution >= 0.6 is 0 Å². The van der Waals surface area contributed by atoms with Gasteiger partial charge in [0, 0.05) is 13.0 Å². The molecule has 0 aromatic rings. The van der Waals surface area contributed by atoms with Gasteiger partial charge in [-0.05, 0) is 12.8 Å². The van der Waals surface area contributed by atoms with Crippen LogP contribution in [0.25, 0.3) is 0 Å². The highest BCUT2D eigenvalue weighted by atomic mass is 16.4. The fraction of sp³-hybridized carbons (Fsp3) is 0.750. The van der Waals surface area contributed by atoms with Crippen LogP contribution in [0.15, 0.2) is 4.99 Å². The zero-order valence-electron chi connectivity index (χ0n) is 7.70. The Bertz CT molecular complexity index is 176. The maximum absolute atomic E-state index is 10.1. The first-order chi connectivity index (χ1) is 6.13. The monoisotopic (exact) mass is 187 g/mol. The molecule has 76 valence electrons. The van der Waals surface area contributed by atoms with E-state index in [9.17, 15) is 4.79 Å². The molecule has 5 heteroatoms. The van der Waals surface area contributed by atoms with Crippen molar-refractivity contribution in [3.8, 4) is 0 Å². The first kappa shape index (κ1) is 11.7. The Hall–Kier alpha value is -1.26. The summed E-state index contributed by atoms with van der Waals surface area (Å²) in [6, 6.07) is 0. The van der Waals surface area contributed by atoms with Gasteiger partial charge in [0.2, 0.25) is 0 Å². The first-order valence-corrected chi connectivity index (χ1v) is 4.40. The molecule has 0 radical (unpaired) electrons. The Kier molecular flexibility index (Phi) is 6.68. The van der Waals surface area contributed by atoms with E-state index in [1.54, 1.807) is 0 Å². The number of carbonyl (C=O) groups is 1. The van der Waals surface area contributed by atoms with Crippen molar-refractivity contribution in [2.24, 2.45) is 16.5 Å². The van der Waals surface area contributed by atoms with Gasteiger partial charge in [-0.1, -0.05) is 12.8 Å². The lowest BCUT2D eigenvalue weighted by Crippen LogP contribution is -2.22. The second kappa shape index (κ2) is 7.39. The summed E-state index contributed by atoms with van der Waals surface area (Å²) in [7, 11) is 0. The molecule has 0 aliphatic rings. The lowest BCUT2D eigenvalue weighted by molar-refractivity contribution is -0.137. The Morgan fingerprint density at radius 3 is 2.31 bits per heavy atom. The van der Waals surface area contributed by atoms with Crippen molar-refractivity contribution in [1.82, 2.24) is 0 Å². The molecule has 5 nitrogen and oxygen atoms in total. The van der Waals surface area contributed by atoms with Crippen LogP contribution < -0.4 is 11.5 Å².